The largest absolute Gasteiger partial charge is 0.427 e. The molecule has 5 nitrogen and oxygen atoms in total. The summed E-state index contributed by atoms with van der Waals surface area (Å²) in [6.07, 6.45) is 5.05. The first-order valence-corrected chi connectivity index (χ1v) is 10.6. The van der Waals surface area contributed by atoms with Crippen LogP contribution in [-0.4, -0.2) is 16.5 Å². The third-order valence-corrected chi connectivity index (χ3v) is 6.22. The van der Waals surface area contributed by atoms with Crippen LogP contribution in [0.5, 0.6) is 5.75 Å². The first kappa shape index (κ1) is 20.4. The van der Waals surface area contributed by atoms with Crippen molar-refractivity contribution in [2.45, 2.75) is 45.6 Å². The number of ether oxygens (including phenoxy) is 1. The number of aromatic nitrogens is 1. The number of benzene rings is 2. The molecule has 0 unspecified atom stereocenters. The van der Waals surface area contributed by atoms with Gasteiger partial charge in [-0.15, -0.1) is 11.3 Å². The Kier molecular flexibility index (Phi) is 5.76. The van der Waals surface area contributed by atoms with E-state index in [2.05, 4.69) is 22.9 Å². The molecule has 1 aliphatic rings. The number of hydrogen-bond donors (Lipinski definition) is 0. The summed E-state index contributed by atoms with van der Waals surface area (Å²) in [5.74, 6) is -0.429. The molecule has 0 bridgehead atoms. The predicted octanol–water partition coefficient (Wildman–Crippen LogP) is 6.10. The lowest BCUT2D eigenvalue weighted by molar-refractivity contribution is -0.386. The molecule has 0 amide bonds. The Labute approximate surface area is 176 Å². The SMILES string of the molecule is Cc1cc([N+](=O)[O-])c(OC(F)F)cc1Cc1nc(-c2ccc3c(c2)CCCC3)cs1. The number of rotatable bonds is 6. The summed E-state index contributed by atoms with van der Waals surface area (Å²) in [6, 6.07) is 9.07. The predicted molar refractivity (Wildman–Crippen MR) is 111 cm³/mol. The zero-order valence-corrected chi connectivity index (χ0v) is 17.2. The van der Waals surface area contributed by atoms with Gasteiger partial charge in [0, 0.05) is 23.4 Å². The Morgan fingerprint density at radius 3 is 2.70 bits per heavy atom. The lowest BCUT2D eigenvalue weighted by Crippen LogP contribution is -2.06. The lowest BCUT2D eigenvalue weighted by atomic mass is 9.90. The Morgan fingerprint density at radius 2 is 1.97 bits per heavy atom. The number of fused-ring (bicyclic) bond motifs is 1. The zero-order valence-electron chi connectivity index (χ0n) is 16.4. The van der Waals surface area contributed by atoms with E-state index in [1.54, 1.807) is 6.92 Å². The smallest absolute Gasteiger partial charge is 0.387 e. The van der Waals surface area contributed by atoms with Crippen LogP contribution in [0.3, 0.4) is 0 Å². The van der Waals surface area contributed by atoms with Gasteiger partial charge in [0.1, 0.15) is 0 Å². The van der Waals surface area contributed by atoms with Crippen molar-refractivity contribution in [1.82, 2.24) is 4.98 Å². The van der Waals surface area contributed by atoms with Crippen molar-refractivity contribution in [2.24, 2.45) is 0 Å². The molecule has 0 atom stereocenters. The van der Waals surface area contributed by atoms with E-state index >= 15 is 0 Å². The fraction of sp³-hybridized carbons (Fsp3) is 0.318. The molecule has 0 radical (unpaired) electrons. The number of thiazole rings is 1. The highest BCUT2D eigenvalue weighted by molar-refractivity contribution is 7.10. The molecule has 30 heavy (non-hydrogen) atoms. The maximum absolute atomic E-state index is 12.7. The minimum absolute atomic E-state index is 0.388. The van der Waals surface area contributed by atoms with Crippen LogP contribution in [-0.2, 0) is 19.3 Å². The fourth-order valence-electron chi connectivity index (χ4n) is 3.82. The van der Waals surface area contributed by atoms with Crippen molar-refractivity contribution in [3.05, 3.63) is 73.1 Å². The van der Waals surface area contributed by atoms with Gasteiger partial charge in [0.25, 0.3) is 0 Å². The van der Waals surface area contributed by atoms with Crippen LogP contribution in [0, 0.1) is 17.0 Å². The molecule has 3 aromatic rings. The molecule has 156 valence electrons. The minimum atomic E-state index is -3.13. The molecule has 0 fully saturated rings. The molecule has 0 aliphatic heterocycles. The van der Waals surface area contributed by atoms with Gasteiger partial charge >= 0.3 is 12.3 Å². The van der Waals surface area contributed by atoms with E-state index in [0.717, 1.165) is 29.1 Å². The number of nitro groups is 1. The summed E-state index contributed by atoms with van der Waals surface area (Å²) < 4.78 is 29.7. The highest BCUT2D eigenvalue weighted by atomic mass is 32.1. The lowest BCUT2D eigenvalue weighted by Gasteiger charge is -2.16. The number of nitro benzene ring substituents is 1. The average molecular weight is 430 g/mol. The first-order chi connectivity index (χ1) is 14.4. The number of aryl methyl sites for hydroxylation is 3. The molecule has 1 aliphatic carbocycles. The van der Waals surface area contributed by atoms with E-state index in [0.29, 0.717) is 17.5 Å². The Morgan fingerprint density at radius 1 is 1.20 bits per heavy atom. The summed E-state index contributed by atoms with van der Waals surface area (Å²) in [5.41, 5.74) is 5.58. The van der Waals surface area contributed by atoms with E-state index in [-0.39, 0.29) is 0 Å². The molecule has 0 saturated heterocycles. The van der Waals surface area contributed by atoms with E-state index in [1.165, 1.54) is 47.4 Å². The normalized spacial score (nSPS) is 13.3. The molecule has 0 saturated carbocycles. The third-order valence-electron chi connectivity index (χ3n) is 5.37. The zero-order chi connectivity index (χ0) is 21.3. The van der Waals surface area contributed by atoms with Gasteiger partial charge in [0.05, 0.1) is 15.6 Å². The quantitative estimate of drug-likeness (QED) is 0.350. The summed E-state index contributed by atoms with van der Waals surface area (Å²) >= 11 is 1.48. The van der Waals surface area contributed by atoms with Crippen LogP contribution in [0.1, 0.15) is 40.1 Å². The monoisotopic (exact) mass is 430 g/mol. The van der Waals surface area contributed by atoms with E-state index in [1.807, 2.05) is 5.38 Å². The van der Waals surface area contributed by atoms with Crippen LogP contribution in [0.25, 0.3) is 11.3 Å². The molecule has 0 spiro atoms. The van der Waals surface area contributed by atoms with Crippen molar-refractivity contribution in [2.75, 3.05) is 0 Å². The third kappa shape index (κ3) is 4.33. The minimum Gasteiger partial charge on any atom is -0.427 e. The molecular weight excluding hydrogens is 410 g/mol. The van der Waals surface area contributed by atoms with Gasteiger partial charge in [-0.05, 0) is 67.0 Å². The van der Waals surface area contributed by atoms with Gasteiger partial charge in [0.2, 0.25) is 5.75 Å². The highest BCUT2D eigenvalue weighted by Gasteiger charge is 2.21. The van der Waals surface area contributed by atoms with Gasteiger partial charge in [-0.25, -0.2) is 4.98 Å². The Balaban J connectivity index is 1.60. The maximum atomic E-state index is 12.7. The maximum Gasteiger partial charge on any atom is 0.387 e. The van der Waals surface area contributed by atoms with Crippen LogP contribution in [0.15, 0.2) is 35.7 Å². The van der Waals surface area contributed by atoms with E-state index < -0.39 is 23.0 Å². The summed E-state index contributed by atoms with van der Waals surface area (Å²) in [5, 5.41) is 13.9. The average Bonchev–Trinajstić information content (AvgIpc) is 3.18. The second-order valence-corrected chi connectivity index (χ2v) is 8.32. The van der Waals surface area contributed by atoms with Gasteiger partial charge < -0.3 is 4.74 Å². The number of alkyl halides is 2. The summed E-state index contributed by atoms with van der Waals surface area (Å²) in [6.45, 7) is -1.42. The van der Waals surface area contributed by atoms with Crippen LogP contribution in [0.2, 0.25) is 0 Å². The van der Waals surface area contributed by atoms with Crippen molar-refractivity contribution in [3.8, 4) is 17.0 Å². The van der Waals surface area contributed by atoms with Crippen molar-refractivity contribution in [1.29, 1.82) is 0 Å². The van der Waals surface area contributed by atoms with Gasteiger partial charge in [0.15, 0.2) is 0 Å². The van der Waals surface area contributed by atoms with Crippen molar-refractivity contribution >= 4 is 17.0 Å². The van der Waals surface area contributed by atoms with Crippen LogP contribution >= 0.6 is 11.3 Å². The number of halogens is 2. The molecule has 2 aromatic carbocycles. The molecular formula is C22H20F2N2O3S. The molecule has 0 N–H and O–H groups in total. The van der Waals surface area contributed by atoms with Gasteiger partial charge in [-0.1, -0.05) is 12.1 Å². The van der Waals surface area contributed by atoms with Crippen LogP contribution in [0.4, 0.5) is 14.5 Å². The first-order valence-electron chi connectivity index (χ1n) is 9.70. The van der Waals surface area contributed by atoms with E-state index in [4.69, 9.17) is 4.98 Å². The number of nitrogens with zero attached hydrogens (tertiary/aromatic N) is 2. The molecule has 4 rings (SSSR count). The van der Waals surface area contributed by atoms with Gasteiger partial charge in [-0.3, -0.25) is 10.1 Å². The molecule has 8 heteroatoms. The van der Waals surface area contributed by atoms with Crippen LogP contribution < -0.4 is 4.74 Å². The molecule has 1 heterocycles. The highest BCUT2D eigenvalue weighted by Crippen LogP contribution is 2.34. The topological polar surface area (TPSA) is 65.3 Å². The number of hydrogen-bond acceptors (Lipinski definition) is 5. The summed E-state index contributed by atoms with van der Waals surface area (Å²) in [4.78, 5) is 15.2. The second kappa shape index (κ2) is 8.47. The second-order valence-electron chi connectivity index (χ2n) is 7.38. The Bertz CT molecular complexity index is 1100. The fourth-order valence-corrected chi connectivity index (χ4v) is 4.65. The van der Waals surface area contributed by atoms with Crippen molar-refractivity contribution in [3.63, 3.8) is 0 Å². The standard InChI is InChI=1S/C22H20F2N2O3S/c1-13-8-19(26(27)28)20(29-22(23)24)10-17(13)11-21-25-18(12-30-21)16-7-6-14-4-2-3-5-15(14)9-16/h6-10,12,22H,2-5,11H2,1H3. The van der Waals surface area contributed by atoms with Crippen molar-refractivity contribution < 1.29 is 18.4 Å². The Hall–Kier alpha value is -2.87. The molecule has 1 aromatic heterocycles. The van der Waals surface area contributed by atoms with Gasteiger partial charge in [-0.2, -0.15) is 8.78 Å². The van der Waals surface area contributed by atoms with E-state index in [9.17, 15) is 18.9 Å². The summed E-state index contributed by atoms with van der Waals surface area (Å²) in [7, 11) is 0.